The van der Waals surface area contributed by atoms with Crippen molar-refractivity contribution in [3.63, 3.8) is 0 Å². The van der Waals surface area contributed by atoms with Gasteiger partial charge in [-0.1, -0.05) is 12.1 Å². The summed E-state index contributed by atoms with van der Waals surface area (Å²) in [7, 11) is 0. The first kappa shape index (κ1) is 18.4. The largest absolute Gasteiger partial charge is 0.485 e. The van der Waals surface area contributed by atoms with Gasteiger partial charge in [0.15, 0.2) is 11.5 Å². The molecule has 0 N–H and O–H groups in total. The lowest BCUT2D eigenvalue weighted by molar-refractivity contribution is -0.144. The fourth-order valence-electron chi connectivity index (χ4n) is 3.09. The van der Waals surface area contributed by atoms with Gasteiger partial charge in [-0.3, -0.25) is 4.79 Å². The maximum Gasteiger partial charge on any atom is 0.410 e. The molecule has 2 aliphatic heterocycles. The third-order valence-electron chi connectivity index (χ3n) is 4.35. The van der Waals surface area contributed by atoms with Crippen LogP contribution in [0.4, 0.5) is 4.79 Å². The number of carbonyl (C=O) groups excluding carboxylic acids is 2. The minimum absolute atomic E-state index is 0.116. The molecule has 2 atom stereocenters. The van der Waals surface area contributed by atoms with E-state index in [0.717, 1.165) is 0 Å². The molecule has 142 valence electrons. The fourth-order valence-corrected chi connectivity index (χ4v) is 3.09. The van der Waals surface area contributed by atoms with Gasteiger partial charge in [-0.25, -0.2) is 4.79 Å². The number of fused-ring (bicyclic) bond motifs is 1. The van der Waals surface area contributed by atoms with Crippen LogP contribution in [0.25, 0.3) is 0 Å². The van der Waals surface area contributed by atoms with Crippen molar-refractivity contribution in [1.29, 1.82) is 0 Å². The summed E-state index contributed by atoms with van der Waals surface area (Å²) >= 11 is 0. The Balaban J connectivity index is 1.59. The van der Waals surface area contributed by atoms with E-state index >= 15 is 0 Å². The number of benzene rings is 1. The van der Waals surface area contributed by atoms with Gasteiger partial charge in [-0.05, 0) is 39.8 Å². The van der Waals surface area contributed by atoms with Crippen molar-refractivity contribution in [1.82, 2.24) is 9.80 Å². The van der Waals surface area contributed by atoms with E-state index in [4.69, 9.17) is 14.2 Å². The quantitative estimate of drug-likeness (QED) is 0.767. The minimum Gasteiger partial charge on any atom is -0.485 e. The summed E-state index contributed by atoms with van der Waals surface area (Å²) in [5.74, 6) is 1.12. The number of piperazine rings is 1. The molecule has 1 aromatic rings. The second-order valence-corrected chi connectivity index (χ2v) is 7.67. The summed E-state index contributed by atoms with van der Waals surface area (Å²) in [6, 6.07) is 7.19. The van der Waals surface area contributed by atoms with Crippen molar-refractivity contribution in [3.8, 4) is 11.5 Å². The van der Waals surface area contributed by atoms with E-state index < -0.39 is 11.7 Å². The van der Waals surface area contributed by atoms with E-state index in [-0.39, 0.29) is 24.6 Å². The van der Waals surface area contributed by atoms with Crippen molar-refractivity contribution in [3.05, 3.63) is 24.3 Å². The van der Waals surface area contributed by atoms with Gasteiger partial charge in [-0.15, -0.1) is 0 Å². The van der Waals surface area contributed by atoms with Crippen LogP contribution in [0.15, 0.2) is 24.3 Å². The molecule has 7 nitrogen and oxygen atoms in total. The highest BCUT2D eigenvalue weighted by Crippen LogP contribution is 2.31. The normalized spacial score (nSPS) is 22.8. The van der Waals surface area contributed by atoms with Gasteiger partial charge in [0.2, 0.25) is 6.10 Å². The van der Waals surface area contributed by atoms with Crippen molar-refractivity contribution in [2.75, 3.05) is 26.2 Å². The molecule has 2 heterocycles. The number of carbonyl (C=O) groups is 2. The highest BCUT2D eigenvalue weighted by molar-refractivity contribution is 5.82. The Morgan fingerprint density at radius 1 is 1.15 bits per heavy atom. The molecule has 26 heavy (non-hydrogen) atoms. The van der Waals surface area contributed by atoms with Crippen LogP contribution in [0, 0.1) is 0 Å². The summed E-state index contributed by atoms with van der Waals surface area (Å²) in [5, 5.41) is 0. The molecule has 0 saturated carbocycles. The van der Waals surface area contributed by atoms with E-state index in [1.165, 1.54) is 0 Å². The number of ether oxygens (including phenoxy) is 3. The highest BCUT2D eigenvalue weighted by Gasteiger charge is 2.37. The van der Waals surface area contributed by atoms with Crippen LogP contribution in [0.3, 0.4) is 0 Å². The summed E-state index contributed by atoms with van der Waals surface area (Å²) in [6.45, 7) is 8.96. The van der Waals surface area contributed by atoms with E-state index in [2.05, 4.69) is 0 Å². The Morgan fingerprint density at radius 3 is 2.50 bits per heavy atom. The van der Waals surface area contributed by atoms with Crippen LogP contribution < -0.4 is 9.47 Å². The predicted molar refractivity (Wildman–Crippen MR) is 95.3 cm³/mol. The topological polar surface area (TPSA) is 68.3 Å². The maximum atomic E-state index is 12.8. The minimum atomic E-state index is -0.662. The summed E-state index contributed by atoms with van der Waals surface area (Å²) in [5.41, 5.74) is -0.537. The maximum absolute atomic E-state index is 12.8. The SMILES string of the molecule is C[C@H]1CN(C(=O)[C@H]2COc3ccccc3O2)CCN1C(=O)OC(C)(C)C. The lowest BCUT2D eigenvalue weighted by atomic mass is 10.1. The molecule has 1 saturated heterocycles. The molecule has 0 aromatic heterocycles. The van der Waals surface area contributed by atoms with Crippen molar-refractivity contribution >= 4 is 12.0 Å². The van der Waals surface area contributed by atoms with Crippen LogP contribution in [-0.2, 0) is 9.53 Å². The molecular weight excluding hydrogens is 336 g/mol. The van der Waals surface area contributed by atoms with E-state index in [1.807, 2.05) is 45.9 Å². The van der Waals surface area contributed by atoms with Crippen LogP contribution in [0.2, 0.25) is 0 Å². The van der Waals surface area contributed by atoms with Crippen molar-refractivity contribution < 1.29 is 23.8 Å². The average Bonchev–Trinajstić information content (AvgIpc) is 2.59. The van der Waals surface area contributed by atoms with Gasteiger partial charge in [0.1, 0.15) is 12.2 Å². The zero-order chi connectivity index (χ0) is 18.9. The Morgan fingerprint density at radius 2 is 1.85 bits per heavy atom. The fraction of sp³-hybridized carbons (Fsp3) is 0.579. The third kappa shape index (κ3) is 4.03. The molecule has 0 bridgehead atoms. The molecule has 3 rings (SSSR count). The van der Waals surface area contributed by atoms with E-state index in [0.29, 0.717) is 31.1 Å². The number of hydrogen-bond donors (Lipinski definition) is 0. The first-order chi connectivity index (χ1) is 12.2. The van der Waals surface area contributed by atoms with E-state index in [9.17, 15) is 9.59 Å². The van der Waals surface area contributed by atoms with Gasteiger partial charge in [-0.2, -0.15) is 0 Å². The smallest absolute Gasteiger partial charge is 0.410 e. The Bertz CT molecular complexity index is 685. The molecule has 1 aromatic carbocycles. The summed E-state index contributed by atoms with van der Waals surface area (Å²) < 4.78 is 16.9. The molecule has 1 fully saturated rings. The average molecular weight is 362 g/mol. The van der Waals surface area contributed by atoms with Crippen LogP contribution in [-0.4, -0.2) is 65.8 Å². The summed E-state index contributed by atoms with van der Waals surface area (Å²) in [4.78, 5) is 28.5. The first-order valence-electron chi connectivity index (χ1n) is 8.91. The molecular formula is C19H26N2O5. The second kappa shape index (κ2) is 7.05. The molecule has 0 radical (unpaired) electrons. The molecule has 7 heteroatoms. The van der Waals surface area contributed by atoms with E-state index in [1.54, 1.807) is 15.9 Å². The molecule has 0 aliphatic carbocycles. The predicted octanol–water partition coefficient (Wildman–Crippen LogP) is 2.29. The summed E-state index contributed by atoms with van der Waals surface area (Å²) in [6.07, 6.45) is -1.01. The first-order valence-corrected chi connectivity index (χ1v) is 8.91. The Hall–Kier alpha value is -2.44. The molecule has 0 spiro atoms. The Kier molecular flexibility index (Phi) is 4.98. The van der Waals surface area contributed by atoms with Crippen LogP contribution >= 0.6 is 0 Å². The second-order valence-electron chi connectivity index (χ2n) is 7.67. The number of amides is 2. The monoisotopic (exact) mass is 362 g/mol. The number of para-hydroxylation sites is 2. The van der Waals surface area contributed by atoms with Crippen molar-refractivity contribution in [2.45, 2.75) is 45.4 Å². The molecule has 0 unspecified atom stereocenters. The zero-order valence-electron chi connectivity index (χ0n) is 15.7. The number of rotatable bonds is 1. The molecule has 2 aliphatic rings. The lowest BCUT2D eigenvalue weighted by Gasteiger charge is -2.41. The third-order valence-corrected chi connectivity index (χ3v) is 4.35. The zero-order valence-corrected chi connectivity index (χ0v) is 15.7. The number of hydrogen-bond acceptors (Lipinski definition) is 5. The number of nitrogens with zero attached hydrogens (tertiary/aromatic N) is 2. The van der Waals surface area contributed by atoms with Gasteiger partial charge < -0.3 is 24.0 Å². The highest BCUT2D eigenvalue weighted by atomic mass is 16.6. The van der Waals surface area contributed by atoms with Gasteiger partial charge in [0.25, 0.3) is 5.91 Å². The van der Waals surface area contributed by atoms with Crippen molar-refractivity contribution in [2.24, 2.45) is 0 Å². The van der Waals surface area contributed by atoms with Gasteiger partial charge in [0, 0.05) is 25.7 Å². The Labute approximate surface area is 153 Å². The van der Waals surface area contributed by atoms with Crippen LogP contribution in [0.1, 0.15) is 27.7 Å². The van der Waals surface area contributed by atoms with Gasteiger partial charge >= 0.3 is 6.09 Å². The standard InChI is InChI=1S/C19H26N2O5/c1-13-11-20(9-10-21(13)18(23)26-19(2,3)4)17(22)16-12-24-14-7-5-6-8-15(14)25-16/h5-8,13,16H,9-12H2,1-4H3/t13-,16+/m0/s1. The lowest BCUT2D eigenvalue weighted by Crippen LogP contribution is -2.59. The molecule has 2 amide bonds. The van der Waals surface area contributed by atoms with Gasteiger partial charge in [0.05, 0.1) is 0 Å². The van der Waals surface area contributed by atoms with Crippen LogP contribution in [0.5, 0.6) is 11.5 Å².